The van der Waals surface area contributed by atoms with Crippen LogP contribution in [0.1, 0.15) is 26.5 Å². The van der Waals surface area contributed by atoms with E-state index >= 15 is 0 Å². The number of carbonyl (C=O) groups is 1. The van der Waals surface area contributed by atoms with E-state index in [0.29, 0.717) is 0 Å². The van der Waals surface area contributed by atoms with Crippen molar-refractivity contribution in [2.24, 2.45) is 0 Å². The highest BCUT2D eigenvalue weighted by molar-refractivity contribution is 7.52. The lowest BCUT2D eigenvalue weighted by atomic mass is 9.89. The Morgan fingerprint density at radius 3 is 2.64 bits per heavy atom. The smallest absolute Gasteiger partial charge is 0.459 e. The molecule has 1 fully saturated rings. The highest BCUT2D eigenvalue weighted by Crippen LogP contribution is 2.50. The van der Waals surface area contributed by atoms with Gasteiger partial charge in [-0.2, -0.15) is 10.3 Å². The lowest BCUT2D eigenvalue weighted by molar-refractivity contribution is -0.149. The zero-order chi connectivity index (χ0) is 30.9. The molecule has 2 aromatic heterocycles. The molecule has 1 saturated heterocycles. The predicted octanol–water partition coefficient (Wildman–Crippen LogP) is -0.0239. The molecule has 0 spiro atoms. The predicted molar refractivity (Wildman–Crippen MR) is 144 cm³/mol. The molecule has 1 aliphatic heterocycles. The van der Waals surface area contributed by atoms with E-state index in [2.05, 4.69) is 26.1 Å². The number of aliphatic hydroxyl groups is 2. The van der Waals surface area contributed by atoms with Crippen molar-refractivity contribution in [3.8, 4) is 24.2 Å². The van der Waals surface area contributed by atoms with E-state index in [1.54, 1.807) is 38.1 Å². The number of ether oxygens (including phenoxy) is 2. The maximum Gasteiger partial charge on any atom is 0.459 e. The largest absolute Gasteiger partial charge is 0.462 e. The monoisotopic (exact) mass is 601 g/mol. The van der Waals surface area contributed by atoms with E-state index in [1.165, 1.54) is 19.1 Å². The fourth-order valence-corrected chi connectivity index (χ4v) is 5.70. The van der Waals surface area contributed by atoms with Crippen LogP contribution >= 0.6 is 7.75 Å². The number of nitrogens with one attached hydrogen (secondary N) is 2. The molecule has 0 saturated carbocycles. The number of esters is 1. The first-order chi connectivity index (χ1) is 19.8. The van der Waals surface area contributed by atoms with E-state index in [-0.39, 0.29) is 23.0 Å². The third kappa shape index (κ3) is 5.60. The van der Waals surface area contributed by atoms with Crippen LogP contribution in [-0.2, 0) is 29.0 Å². The zero-order valence-corrected chi connectivity index (χ0v) is 23.5. The van der Waals surface area contributed by atoms with Gasteiger partial charge in [0, 0.05) is 0 Å². The van der Waals surface area contributed by atoms with Crippen molar-refractivity contribution in [1.29, 1.82) is 5.26 Å². The summed E-state index contributed by atoms with van der Waals surface area (Å²) in [5.74, 6) is 1.16. The van der Waals surface area contributed by atoms with Crippen LogP contribution in [0.15, 0.2) is 41.3 Å². The summed E-state index contributed by atoms with van der Waals surface area (Å²) in [6.07, 6.45) is 2.22. The van der Waals surface area contributed by atoms with Gasteiger partial charge in [-0.05, 0) is 32.9 Å². The number of aromatic nitrogens is 4. The molecule has 1 aromatic carbocycles. The Kier molecular flexibility index (Phi) is 8.43. The van der Waals surface area contributed by atoms with Crippen LogP contribution in [0.3, 0.4) is 0 Å². The molecule has 3 heterocycles. The third-order valence-electron chi connectivity index (χ3n) is 6.19. The number of carbonyl (C=O) groups excluding carboxylic acids is 1. The second-order valence-electron chi connectivity index (χ2n) is 9.60. The van der Waals surface area contributed by atoms with Gasteiger partial charge in [-0.15, -0.1) is 11.5 Å². The fourth-order valence-electron chi connectivity index (χ4n) is 4.18. The van der Waals surface area contributed by atoms with Crippen molar-refractivity contribution in [3.05, 3.63) is 52.6 Å². The number of nitrogens with two attached hydrogens (primary N) is 1. The number of imidazole rings is 1. The number of aromatic amines is 1. The lowest BCUT2D eigenvalue weighted by Crippen LogP contribution is -2.46. The van der Waals surface area contributed by atoms with Gasteiger partial charge in [-0.3, -0.25) is 19.1 Å². The number of aliphatic hydroxyl groups excluding tert-OH is 2. The van der Waals surface area contributed by atoms with Gasteiger partial charge in [-0.25, -0.2) is 14.1 Å². The van der Waals surface area contributed by atoms with Gasteiger partial charge in [0.1, 0.15) is 42.4 Å². The molecule has 3 aromatic rings. The van der Waals surface area contributed by atoms with Crippen molar-refractivity contribution < 1.29 is 38.1 Å². The summed E-state index contributed by atoms with van der Waals surface area (Å²) < 4.78 is 37.0. The summed E-state index contributed by atoms with van der Waals surface area (Å²) in [6.45, 7) is 3.71. The van der Waals surface area contributed by atoms with Gasteiger partial charge in [0.05, 0.1) is 12.3 Å². The molecule has 4 rings (SSSR count). The average Bonchev–Trinajstić information content (AvgIpc) is 3.46. The van der Waals surface area contributed by atoms with Crippen LogP contribution in [0.4, 0.5) is 5.95 Å². The topological polar surface area (TPSA) is 236 Å². The number of benzene rings is 1. The number of nitriles is 1. The van der Waals surface area contributed by atoms with Crippen LogP contribution in [-0.4, -0.2) is 72.3 Å². The normalized spacial score (nSPS) is 25.8. The molecule has 1 aliphatic rings. The molecular weight excluding hydrogens is 573 g/mol. The molecule has 16 nitrogen and oxygen atoms in total. The summed E-state index contributed by atoms with van der Waals surface area (Å²) in [7, 11) is -4.51. The molecule has 17 heteroatoms. The molecule has 0 amide bonds. The Labute approximate surface area is 239 Å². The third-order valence-corrected chi connectivity index (χ3v) is 7.82. The Morgan fingerprint density at radius 1 is 1.33 bits per heavy atom. The van der Waals surface area contributed by atoms with Crippen molar-refractivity contribution in [2.75, 3.05) is 12.3 Å². The fraction of sp³-hybridized carbons (Fsp3) is 0.400. The number of nitrogen functional groups attached to an aromatic ring is 1. The van der Waals surface area contributed by atoms with Crippen molar-refractivity contribution >= 4 is 25.3 Å². The molecular formula is C25H28N7O9P. The summed E-state index contributed by atoms with van der Waals surface area (Å²) >= 11 is 0. The van der Waals surface area contributed by atoms with Crippen molar-refractivity contribution in [2.45, 2.75) is 56.3 Å². The van der Waals surface area contributed by atoms with Crippen molar-refractivity contribution in [1.82, 2.24) is 24.7 Å². The number of anilines is 1. The number of rotatable bonds is 10. The number of terminal acetylenes is 1. The van der Waals surface area contributed by atoms with E-state index in [0.717, 1.165) is 10.7 Å². The molecule has 6 atom stereocenters. The van der Waals surface area contributed by atoms with Gasteiger partial charge >= 0.3 is 13.7 Å². The minimum atomic E-state index is -4.51. The summed E-state index contributed by atoms with van der Waals surface area (Å²) in [5.41, 5.74) is -0.457. The van der Waals surface area contributed by atoms with Crippen LogP contribution in [0.2, 0.25) is 0 Å². The maximum absolute atomic E-state index is 13.9. The molecule has 42 heavy (non-hydrogen) atoms. The van der Waals surface area contributed by atoms with Crippen LogP contribution < -0.4 is 20.9 Å². The number of fused-ring (bicyclic) bond motifs is 1. The Bertz CT molecular complexity index is 1660. The van der Waals surface area contributed by atoms with E-state index in [9.17, 15) is 29.6 Å². The highest BCUT2D eigenvalue weighted by atomic mass is 31.2. The summed E-state index contributed by atoms with van der Waals surface area (Å²) in [5, 5.41) is 38.8. The SMILES string of the molecule is C#C[C@]1(CO[P@@](=O)(N[C@@H](C)C(=O)OC(C)C)Oc2ccccc2)O[C@@](C#N)(c2cnc3c(=O)[nH]c(N)nn23)[C@@H](O)C1O. The van der Waals surface area contributed by atoms with Crippen LogP contribution in [0.5, 0.6) is 5.75 Å². The first kappa shape index (κ1) is 30.7. The molecule has 0 aliphatic carbocycles. The number of nitrogens with zero attached hydrogens (tertiary/aromatic N) is 4. The van der Waals surface area contributed by atoms with E-state index in [1.807, 2.05) is 0 Å². The average molecular weight is 602 g/mol. The van der Waals surface area contributed by atoms with Gasteiger partial charge < -0.3 is 29.9 Å². The second-order valence-corrected chi connectivity index (χ2v) is 11.3. The summed E-state index contributed by atoms with van der Waals surface area (Å²) in [4.78, 5) is 30.9. The van der Waals surface area contributed by atoms with Crippen LogP contribution in [0, 0.1) is 23.7 Å². The summed E-state index contributed by atoms with van der Waals surface area (Å²) in [6, 6.07) is 8.40. The Balaban J connectivity index is 1.69. The highest BCUT2D eigenvalue weighted by Gasteiger charge is 2.65. The molecule has 222 valence electrons. The first-order valence-electron chi connectivity index (χ1n) is 12.5. The van der Waals surface area contributed by atoms with Gasteiger partial charge in [0.2, 0.25) is 17.2 Å². The Hall–Kier alpha value is -4.28. The minimum Gasteiger partial charge on any atom is -0.462 e. The van der Waals surface area contributed by atoms with Gasteiger partial charge in [-0.1, -0.05) is 24.1 Å². The number of hydrogen-bond donors (Lipinski definition) is 5. The Morgan fingerprint density at radius 2 is 2.02 bits per heavy atom. The number of para-hydroxylation sites is 1. The van der Waals surface area contributed by atoms with E-state index in [4.69, 9.17) is 30.7 Å². The number of hydrogen-bond acceptors (Lipinski definition) is 13. The van der Waals surface area contributed by atoms with E-state index < -0.39 is 61.4 Å². The van der Waals surface area contributed by atoms with Gasteiger partial charge in [0.25, 0.3) is 5.56 Å². The quantitative estimate of drug-likeness (QED) is 0.117. The second kappa shape index (κ2) is 11.5. The standard InChI is InChI=1S/C25H28N7O9P/c1-5-24(13-38-42(37,40-16-9-7-6-8-10-16)31-15(4)22(36)39-14(2)3)18(33)19(34)25(12-26,41-24)17-11-28-20-21(35)29-23(27)30-32(17)20/h1,6-11,14-15,18-19,33-34H,13H2,2-4H3,(H,31,37)(H3,27,29,30,35)/t15-,18?,19-,24+,25-,42-/m0/s1. The first-order valence-corrected chi connectivity index (χ1v) is 14.0. The number of H-pyrrole nitrogens is 1. The lowest BCUT2D eigenvalue weighted by Gasteiger charge is -2.30. The molecule has 6 N–H and O–H groups in total. The van der Waals surface area contributed by atoms with Crippen LogP contribution in [0.25, 0.3) is 5.65 Å². The zero-order valence-electron chi connectivity index (χ0n) is 22.6. The molecule has 0 radical (unpaired) electrons. The molecule has 0 bridgehead atoms. The van der Waals surface area contributed by atoms with Gasteiger partial charge in [0.15, 0.2) is 5.60 Å². The van der Waals surface area contributed by atoms with Crippen molar-refractivity contribution in [3.63, 3.8) is 0 Å². The minimum absolute atomic E-state index is 0.0893. The maximum atomic E-state index is 13.9. The molecule has 1 unspecified atom stereocenters.